The summed E-state index contributed by atoms with van der Waals surface area (Å²) in [5.41, 5.74) is 0. The Bertz CT molecular complexity index is 120. The van der Waals surface area contributed by atoms with Gasteiger partial charge in [0.05, 0.1) is 6.26 Å². The fourth-order valence-corrected chi connectivity index (χ4v) is 1.00. The van der Waals surface area contributed by atoms with Crippen LogP contribution in [0.5, 0.6) is 0 Å². The van der Waals surface area contributed by atoms with Crippen molar-refractivity contribution in [2.45, 2.75) is 0 Å². The quantitative estimate of drug-likeness (QED) is 0.529. The third-order valence-corrected chi connectivity index (χ3v) is 1.54. The predicted octanol–water partition coefficient (Wildman–Crippen LogP) is 1.37. The van der Waals surface area contributed by atoms with Crippen LogP contribution >= 0.6 is 21.1 Å². The van der Waals surface area contributed by atoms with Gasteiger partial charge in [-0.25, -0.2) is 0 Å². The number of hydrogen-bond donors (Lipinski definition) is 0. The van der Waals surface area contributed by atoms with E-state index in [0.717, 1.165) is 0 Å². The molecule has 0 atom stereocenters. The van der Waals surface area contributed by atoms with Crippen LogP contribution in [-0.2, 0) is 3.07 Å². The van der Waals surface area contributed by atoms with E-state index in [1.165, 1.54) is 0 Å². The van der Waals surface area contributed by atoms with Crippen LogP contribution in [0.25, 0.3) is 0 Å². The minimum Gasteiger partial charge on any atom is -0.435 e. The van der Waals surface area contributed by atoms with Crippen molar-refractivity contribution in [3.63, 3.8) is 0 Å². The fraction of sp³-hybridized carbons (Fsp3) is 0. The van der Waals surface area contributed by atoms with Gasteiger partial charge in [0.25, 0.3) is 0 Å². The van der Waals surface area contributed by atoms with E-state index in [1.54, 1.807) is 6.26 Å². The van der Waals surface area contributed by atoms with Gasteiger partial charge in [-0.3, -0.25) is 0 Å². The maximum absolute atomic E-state index is 4.86. The van der Waals surface area contributed by atoms with Crippen molar-refractivity contribution in [2.75, 3.05) is 0 Å². The van der Waals surface area contributed by atoms with E-state index >= 15 is 0 Å². The van der Waals surface area contributed by atoms with E-state index in [4.69, 9.17) is 3.07 Å². The second-order valence-electron chi connectivity index (χ2n) is 0.771. The summed E-state index contributed by atoms with van der Waals surface area (Å²) in [4.78, 5) is 0. The molecule has 1 nitrogen and oxygen atoms in total. The van der Waals surface area contributed by atoms with Crippen LogP contribution in [-0.4, -0.2) is 3.67 Å². The molecule has 0 radical (unpaired) electrons. The Morgan fingerprint density at radius 2 is 2.67 bits per heavy atom. The van der Waals surface area contributed by atoms with Crippen molar-refractivity contribution < 1.29 is 3.07 Å². The second-order valence-corrected chi connectivity index (χ2v) is 2.34. The largest absolute Gasteiger partial charge is 0.435 e. The SMILES string of the molecule is C1=CC=COI=1. The molecule has 0 amide bonds. The number of halogens is 1. The van der Waals surface area contributed by atoms with E-state index in [-0.39, 0.29) is 21.1 Å². The third kappa shape index (κ3) is 0.954. The summed E-state index contributed by atoms with van der Waals surface area (Å²) in [5, 5.41) is 0. The van der Waals surface area contributed by atoms with Gasteiger partial charge in [-0.2, -0.15) is 0 Å². The molecule has 6 heavy (non-hydrogen) atoms. The molecule has 32 valence electrons. The van der Waals surface area contributed by atoms with Gasteiger partial charge >= 0.3 is 0 Å². The topological polar surface area (TPSA) is 9.23 Å². The lowest BCUT2D eigenvalue weighted by Crippen LogP contribution is -1.59. The molecule has 0 bridgehead atoms. The van der Waals surface area contributed by atoms with Crippen molar-refractivity contribution in [3.05, 3.63) is 18.4 Å². The zero-order valence-corrected chi connectivity index (χ0v) is 5.18. The van der Waals surface area contributed by atoms with E-state index < -0.39 is 0 Å². The van der Waals surface area contributed by atoms with Gasteiger partial charge in [0.1, 0.15) is 0 Å². The molecular weight excluding hydrogens is 191 g/mol. The van der Waals surface area contributed by atoms with Crippen LogP contribution in [0, 0.1) is 0 Å². The van der Waals surface area contributed by atoms with Gasteiger partial charge in [-0.1, -0.05) is 0 Å². The standard InChI is InChI=1S/C4H3IO/c1-2-4-6-5-3-1/h1-2,4H. The molecule has 1 aliphatic rings. The normalized spacial score (nSPS) is 16.0. The number of hydrogen-bond acceptors (Lipinski definition) is 1. The molecule has 1 rings (SSSR count). The maximum Gasteiger partial charge on any atom is 0.167 e. The zero-order valence-electron chi connectivity index (χ0n) is 3.02. The summed E-state index contributed by atoms with van der Waals surface area (Å²) in [7, 11) is 0. The van der Waals surface area contributed by atoms with Crippen LogP contribution < -0.4 is 0 Å². The first kappa shape index (κ1) is 4.09. The molecule has 0 fully saturated rings. The summed E-state index contributed by atoms with van der Waals surface area (Å²) in [6.07, 6.45) is 5.42. The first-order chi connectivity index (χ1) is 3.00. The van der Waals surface area contributed by atoms with Gasteiger partial charge in [0.2, 0.25) is 0 Å². The molecule has 1 aliphatic heterocycles. The molecule has 2 heteroatoms. The molecule has 0 aromatic rings. The van der Waals surface area contributed by atoms with Crippen molar-refractivity contribution >= 4 is 24.8 Å². The molecular formula is C4H3IO. The van der Waals surface area contributed by atoms with Crippen molar-refractivity contribution in [1.82, 2.24) is 0 Å². The summed E-state index contributed by atoms with van der Waals surface area (Å²) >= 11 is -0.178. The molecule has 1 heterocycles. The monoisotopic (exact) mass is 194 g/mol. The highest BCUT2D eigenvalue weighted by atomic mass is 127. The van der Waals surface area contributed by atoms with Gasteiger partial charge in [0.15, 0.2) is 21.1 Å². The van der Waals surface area contributed by atoms with Crippen LogP contribution in [0.2, 0.25) is 0 Å². The third-order valence-electron chi connectivity index (χ3n) is 0.378. The predicted molar refractivity (Wildman–Crippen MR) is 33.8 cm³/mol. The van der Waals surface area contributed by atoms with Crippen molar-refractivity contribution in [3.8, 4) is 0 Å². The van der Waals surface area contributed by atoms with E-state index in [2.05, 4.69) is 3.67 Å². The molecule has 0 N–H and O–H groups in total. The van der Waals surface area contributed by atoms with E-state index in [1.807, 2.05) is 12.2 Å². The average Bonchev–Trinajstić information content (AvgIpc) is 1.72. The lowest BCUT2D eigenvalue weighted by molar-refractivity contribution is 0.636. The first-order valence-electron chi connectivity index (χ1n) is 1.53. The summed E-state index contributed by atoms with van der Waals surface area (Å²) in [6, 6.07) is 0. The lowest BCUT2D eigenvalue weighted by Gasteiger charge is -1.82. The summed E-state index contributed by atoms with van der Waals surface area (Å²) < 4.78 is 7.82. The van der Waals surface area contributed by atoms with Gasteiger partial charge in [-0.05, 0) is 15.8 Å². The van der Waals surface area contributed by atoms with Crippen molar-refractivity contribution in [1.29, 1.82) is 0 Å². The molecule has 0 spiro atoms. The average molecular weight is 194 g/mol. The molecule has 0 saturated carbocycles. The Morgan fingerprint density at radius 3 is 2.83 bits per heavy atom. The Hall–Kier alpha value is -0.0800. The highest BCUT2D eigenvalue weighted by molar-refractivity contribution is 14.2. The molecule has 0 saturated heterocycles. The molecule has 0 aromatic carbocycles. The van der Waals surface area contributed by atoms with E-state index in [0.29, 0.717) is 0 Å². The first-order valence-corrected chi connectivity index (χ1v) is 3.49. The van der Waals surface area contributed by atoms with Crippen LogP contribution in [0.4, 0.5) is 0 Å². The summed E-state index contributed by atoms with van der Waals surface area (Å²) in [5.74, 6) is 0. The summed E-state index contributed by atoms with van der Waals surface area (Å²) in [6.45, 7) is 0. The smallest absolute Gasteiger partial charge is 0.167 e. The minimum absolute atomic E-state index is 0.178. The molecule has 0 aromatic heterocycles. The highest BCUT2D eigenvalue weighted by Crippen LogP contribution is 1.99. The van der Waals surface area contributed by atoms with Crippen LogP contribution in [0.3, 0.4) is 0 Å². The zero-order chi connectivity index (χ0) is 4.24. The van der Waals surface area contributed by atoms with Gasteiger partial charge in [0, 0.05) is 0 Å². The van der Waals surface area contributed by atoms with Gasteiger partial charge in [-0.15, -0.1) is 0 Å². The molecule has 0 unspecified atom stereocenters. The highest BCUT2D eigenvalue weighted by Gasteiger charge is 1.68. The Kier molecular flexibility index (Phi) is 1.47. The van der Waals surface area contributed by atoms with Gasteiger partial charge < -0.3 is 3.07 Å². The maximum atomic E-state index is 4.86. The Morgan fingerprint density at radius 1 is 1.67 bits per heavy atom. The van der Waals surface area contributed by atoms with Crippen LogP contribution in [0.1, 0.15) is 0 Å². The van der Waals surface area contributed by atoms with E-state index in [9.17, 15) is 0 Å². The Labute approximate surface area is 46.6 Å². The van der Waals surface area contributed by atoms with Crippen LogP contribution in [0.15, 0.2) is 18.4 Å². The Balaban J connectivity index is 2.78. The second kappa shape index (κ2) is 2.16. The number of rotatable bonds is 0. The van der Waals surface area contributed by atoms with Crippen molar-refractivity contribution in [2.24, 2.45) is 0 Å². The fourth-order valence-electron chi connectivity index (χ4n) is 0.183. The molecule has 0 aliphatic carbocycles. The minimum atomic E-state index is -0.178. The lowest BCUT2D eigenvalue weighted by atomic mass is 10.6. The number of allylic oxidation sites excluding steroid dienone is 2.